The average molecular weight is 671 g/mol. The summed E-state index contributed by atoms with van der Waals surface area (Å²) in [5.74, 6) is 2.92. The van der Waals surface area contributed by atoms with Gasteiger partial charge in [-0.3, -0.25) is 24.4 Å². The lowest BCUT2D eigenvalue weighted by atomic mass is 9.70. The number of hydrogen-bond donors (Lipinski definition) is 0. The summed E-state index contributed by atoms with van der Waals surface area (Å²) in [4.78, 5) is 39.5. The van der Waals surface area contributed by atoms with Gasteiger partial charge in [0.25, 0.3) is 5.91 Å². The summed E-state index contributed by atoms with van der Waals surface area (Å²) in [7, 11) is 0. The van der Waals surface area contributed by atoms with E-state index >= 15 is 0 Å². The molecule has 1 aliphatic carbocycles. The lowest BCUT2D eigenvalue weighted by Gasteiger charge is -2.54. The fraction of sp³-hybridized carbons (Fsp3) is 0.625. The molecule has 8 nitrogen and oxygen atoms in total. The predicted molar refractivity (Wildman–Crippen MR) is 192 cm³/mol. The zero-order chi connectivity index (χ0) is 34.7. The van der Waals surface area contributed by atoms with Gasteiger partial charge in [-0.2, -0.15) is 0 Å². The van der Waals surface area contributed by atoms with Gasteiger partial charge in [0.15, 0.2) is 0 Å². The molecule has 1 saturated carbocycles. The number of amides is 2. The van der Waals surface area contributed by atoms with Crippen LogP contribution in [0.4, 0.5) is 4.39 Å². The molecule has 5 heterocycles. The molecule has 7 rings (SSSR count). The number of carbonyl (C=O) groups excluding carboxylic acids is 2. The van der Waals surface area contributed by atoms with Crippen LogP contribution in [0.1, 0.15) is 75.9 Å². The third-order valence-electron chi connectivity index (χ3n) is 12.4. The molecule has 3 aromatic rings. The minimum Gasteiger partial charge on any atom is -0.342 e. The maximum absolute atomic E-state index is 14.6. The van der Waals surface area contributed by atoms with Crippen molar-refractivity contribution in [2.24, 2.45) is 29.6 Å². The highest BCUT2D eigenvalue weighted by Crippen LogP contribution is 2.44. The predicted octanol–water partition coefficient (Wildman–Crippen LogP) is 6.03. The van der Waals surface area contributed by atoms with E-state index in [2.05, 4.69) is 51.2 Å². The number of hydrogen-bond acceptors (Lipinski definition) is 5. The van der Waals surface area contributed by atoms with Crippen LogP contribution in [0, 0.1) is 42.3 Å². The van der Waals surface area contributed by atoms with Crippen LogP contribution >= 0.6 is 0 Å². The molecule has 3 aliphatic heterocycles. The molecule has 4 fully saturated rings. The Morgan fingerprint density at radius 1 is 1.00 bits per heavy atom. The summed E-state index contributed by atoms with van der Waals surface area (Å²) in [6.07, 6.45) is 9.54. The first kappa shape index (κ1) is 34.2. The highest BCUT2D eigenvalue weighted by molar-refractivity contribution is 5.99. The maximum atomic E-state index is 14.6. The second-order valence-corrected chi connectivity index (χ2v) is 16.3. The van der Waals surface area contributed by atoms with Crippen LogP contribution in [0.3, 0.4) is 0 Å². The Labute approximate surface area is 291 Å². The molecule has 264 valence electrons. The standard InChI is InChI=1S/C40H55FN6O2/c1-8-46(25(4)5)40(49)35-14-33(41)9-10-36(35)47-23-30(38-26(6)15-42-16-37(38)47)11-28-17-45(18-28)39(24(2)3)29-12-34(13-29)44-21-31-19-43(27(7)48)20-32(31)22-44/h9-10,14-16,23-25,28-29,31-32,34,39H,8,11-13,17-22H2,1-7H3/t29-,31-,32?,34+,39?/m1/s1. The third kappa shape index (κ3) is 6.30. The number of fused-ring (bicyclic) bond motifs is 2. The second kappa shape index (κ2) is 13.4. The Balaban J connectivity index is 1.03. The van der Waals surface area contributed by atoms with Gasteiger partial charge in [0.05, 0.1) is 23.0 Å². The molecule has 3 atom stereocenters. The van der Waals surface area contributed by atoms with E-state index in [9.17, 15) is 14.0 Å². The van der Waals surface area contributed by atoms with E-state index in [4.69, 9.17) is 0 Å². The SMILES string of the molecule is CCN(C(=O)c1cc(F)ccc1-n1cc(CC2CN(C(C(C)C)[C@H]3C[C@@H](N4CC5CN(C(C)=O)C[C@@H]5C4)C3)C2)c2c(C)cncc21)C(C)C. The molecule has 2 unspecified atom stereocenters. The molecule has 49 heavy (non-hydrogen) atoms. The minimum absolute atomic E-state index is 0.0107. The van der Waals surface area contributed by atoms with Crippen LogP contribution in [0.25, 0.3) is 16.6 Å². The average Bonchev–Trinajstić information content (AvgIpc) is 3.69. The molecule has 9 heteroatoms. The third-order valence-corrected chi connectivity index (χ3v) is 12.4. The highest BCUT2D eigenvalue weighted by atomic mass is 19.1. The van der Waals surface area contributed by atoms with Crippen LogP contribution in [0.2, 0.25) is 0 Å². The number of aryl methyl sites for hydroxylation is 1. The van der Waals surface area contributed by atoms with E-state index in [1.165, 1.54) is 35.9 Å². The van der Waals surface area contributed by atoms with Gasteiger partial charge in [0, 0.05) is 88.6 Å². The molecule has 0 bridgehead atoms. The number of likely N-dealkylation sites (tertiary alicyclic amines) is 3. The summed E-state index contributed by atoms with van der Waals surface area (Å²) < 4.78 is 16.7. The highest BCUT2D eigenvalue weighted by Gasteiger charge is 2.49. The first-order chi connectivity index (χ1) is 23.4. The molecular formula is C40H55FN6O2. The molecule has 4 aliphatic rings. The number of nitrogens with zero attached hydrogens (tertiary/aromatic N) is 6. The van der Waals surface area contributed by atoms with Gasteiger partial charge >= 0.3 is 0 Å². The van der Waals surface area contributed by atoms with Gasteiger partial charge in [-0.25, -0.2) is 4.39 Å². The van der Waals surface area contributed by atoms with Gasteiger partial charge in [-0.1, -0.05) is 13.8 Å². The van der Waals surface area contributed by atoms with Crippen LogP contribution in [0.15, 0.2) is 36.8 Å². The lowest BCUT2D eigenvalue weighted by molar-refractivity contribution is -0.128. The van der Waals surface area contributed by atoms with Crippen LogP contribution in [-0.4, -0.2) is 105 Å². The molecule has 2 amide bonds. The van der Waals surface area contributed by atoms with Gasteiger partial charge in [0.2, 0.25) is 5.91 Å². The molecule has 2 aromatic heterocycles. The van der Waals surface area contributed by atoms with Crippen molar-refractivity contribution in [3.05, 3.63) is 59.3 Å². The fourth-order valence-electron chi connectivity index (χ4n) is 9.93. The number of pyridine rings is 1. The number of aromatic nitrogens is 2. The van der Waals surface area contributed by atoms with Gasteiger partial charge in [-0.15, -0.1) is 0 Å². The Morgan fingerprint density at radius 3 is 2.31 bits per heavy atom. The zero-order valence-corrected chi connectivity index (χ0v) is 30.5. The van der Waals surface area contributed by atoms with E-state index < -0.39 is 5.82 Å². The molecule has 3 saturated heterocycles. The molecular weight excluding hydrogens is 615 g/mol. The zero-order valence-electron chi connectivity index (χ0n) is 30.5. The maximum Gasteiger partial charge on any atom is 0.256 e. The normalized spacial score (nSPS) is 25.2. The fourth-order valence-corrected chi connectivity index (χ4v) is 9.93. The van der Waals surface area contributed by atoms with Crippen molar-refractivity contribution in [1.82, 2.24) is 29.2 Å². The van der Waals surface area contributed by atoms with Crippen molar-refractivity contribution in [3.63, 3.8) is 0 Å². The number of carbonyl (C=O) groups is 2. The first-order valence-electron chi connectivity index (χ1n) is 18.7. The summed E-state index contributed by atoms with van der Waals surface area (Å²) >= 11 is 0. The first-order valence-corrected chi connectivity index (χ1v) is 18.7. The quantitative estimate of drug-likeness (QED) is 0.264. The molecule has 0 radical (unpaired) electrons. The summed E-state index contributed by atoms with van der Waals surface area (Å²) in [6.45, 7) is 21.6. The van der Waals surface area contributed by atoms with Crippen molar-refractivity contribution in [2.75, 3.05) is 45.8 Å². The van der Waals surface area contributed by atoms with Gasteiger partial charge in [-0.05, 0) is 106 Å². The van der Waals surface area contributed by atoms with Crippen molar-refractivity contribution in [2.45, 2.75) is 85.9 Å². The van der Waals surface area contributed by atoms with Crippen LogP contribution in [-0.2, 0) is 11.2 Å². The van der Waals surface area contributed by atoms with E-state index in [1.807, 2.05) is 33.2 Å². The van der Waals surface area contributed by atoms with E-state index in [0.29, 0.717) is 53.6 Å². The summed E-state index contributed by atoms with van der Waals surface area (Å²) in [5, 5.41) is 1.19. The van der Waals surface area contributed by atoms with Crippen molar-refractivity contribution in [3.8, 4) is 5.69 Å². The van der Waals surface area contributed by atoms with Crippen LogP contribution in [0.5, 0.6) is 0 Å². The van der Waals surface area contributed by atoms with Gasteiger partial charge in [0.1, 0.15) is 5.82 Å². The lowest BCUT2D eigenvalue weighted by Crippen LogP contribution is -2.60. The Kier molecular flexibility index (Phi) is 9.37. The molecule has 0 spiro atoms. The second-order valence-electron chi connectivity index (χ2n) is 16.3. The Morgan fingerprint density at radius 2 is 1.69 bits per heavy atom. The summed E-state index contributed by atoms with van der Waals surface area (Å²) in [5.41, 5.74) is 4.42. The molecule has 0 N–H and O–H groups in total. The van der Waals surface area contributed by atoms with Crippen molar-refractivity contribution >= 4 is 22.7 Å². The topological polar surface area (TPSA) is 64.9 Å². The van der Waals surface area contributed by atoms with Crippen molar-refractivity contribution in [1.29, 1.82) is 0 Å². The van der Waals surface area contributed by atoms with E-state index in [-0.39, 0.29) is 17.9 Å². The van der Waals surface area contributed by atoms with E-state index in [0.717, 1.165) is 62.7 Å². The largest absolute Gasteiger partial charge is 0.342 e. The number of benzene rings is 1. The number of halogens is 1. The van der Waals surface area contributed by atoms with Gasteiger partial charge < -0.3 is 14.4 Å². The number of rotatable bonds is 10. The Hall–Kier alpha value is -3.30. The summed E-state index contributed by atoms with van der Waals surface area (Å²) in [6, 6.07) is 5.90. The minimum atomic E-state index is -0.408. The Bertz CT molecular complexity index is 1690. The van der Waals surface area contributed by atoms with Crippen molar-refractivity contribution < 1.29 is 14.0 Å². The molecule has 1 aromatic carbocycles. The monoisotopic (exact) mass is 670 g/mol. The smallest absolute Gasteiger partial charge is 0.256 e. The van der Waals surface area contributed by atoms with Crippen LogP contribution < -0.4 is 0 Å². The van der Waals surface area contributed by atoms with E-state index in [1.54, 1.807) is 17.9 Å².